The predicted molar refractivity (Wildman–Crippen MR) is 79.5 cm³/mol. The lowest BCUT2D eigenvalue weighted by molar-refractivity contribution is 0.117. The molecule has 2 atom stereocenters. The second-order valence-corrected chi connectivity index (χ2v) is 5.76. The van der Waals surface area contributed by atoms with Gasteiger partial charge in [-0.1, -0.05) is 48.7 Å². The number of likely N-dealkylation sites (tertiary alicyclic amines) is 1. The zero-order valence-electron chi connectivity index (χ0n) is 11.1. The van der Waals surface area contributed by atoms with Gasteiger partial charge in [0.1, 0.15) is 6.04 Å². The fourth-order valence-corrected chi connectivity index (χ4v) is 3.27. The van der Waals surface area contributed by atoms with E-state index >= 15 is 0 Å². The number of nitrogens with zero attached hydrogens (tertiary/aromatic N) is 2. The van der Waals surface area contributed by atoms with Crippen molar-refractivity contribution in [2.24, 2.45) is 0 Å². The first-order valence-electron chi connectivity index (χ1n) is 6.78. The van der Waals surface area contributed by atoms with Crippen molar-refractivity contribution >= 4 is 23.2 Å². The summed E-state index contributed by atoms with van der Waals surface area (Å²) in [6, 6.07) is 8.10. The molecule has 1 aliphatic heterocycles. The van der Waals surface area contributed by atoms with E-state index in [9.17, 15) is 5.26 Å². The maximum atomic E-state index is 9.57. The Morgan fingerprint density at radius 3 is 2.89 bits per heavy atom. The van der Waals surface area contributed by atoms with E-state index in [1.165, 1.54) is 6.42 Å². The number of nitriles is 1. The van der Waals surface area contributed by atoms with E-state index in [0.29, 0.717) is 16.1 Å². The summed E-state index contributed by atoms with van der Waals surface area (Å²) < 4.78 is 0. The molecule has 2 unspecified atom stereocenters. The second-order valence-electron chi connectivity index (χ2n) is 4.97. The van der Waals surface area contributed by atoms with Crippen LogP contribution in [0.5, 0.6) is 0 Å². The summed E-state index contributed by atoms with van der Waals surface area (Å²) in [6.07, 6.45) is 4.62. The monoisotopic (exact) mass is 296 g/mol. The topological polar surface area (TPSA) is 27.0 Å². The first-order valence-corrected chi connectivity index (χ1v) is 7.54. The zero-order valence-corrected chi connectivity index (χ0v) is 12.6. The lowest BCUT2D eigenvalue weighted by atomic mass is 9.95. The minimum Gasteiger partial charge on any atom is -0.281 e. The molecule has 0 aliphatic carbocycles. The lowest BCUT2D eigenvalue weighted by Gasteiger charge is -2.38. The number of hydrogen-bond acceptors (Lipinski definition) is 2. The summed E-state index contributed by atoms with van der Waals surface area (Å²) in [5.41, 5.74) is 0.831. The number of hydrogen-bond donors (Lipinski definition) is 0. The normalized spacial score (nSPS) is 21.9. The van der Waals surface area contributed by atoms with Crippen LogP contribution in [0.3, 0.4) is 0 Å². The first kappa shape index (κ1) is 14.7. The van der Waals surface area contributed by atoms with Gasteiger partial charge in [-0.2, -0.15) is 5.26 Å². The van der Waals surface area contributed by atoms with Crippen LogP contribution in [-0.2, 0) is 0 Å². The SMILES string of the molecule is CCC1CCCCN1C(C#N)c1cccc(Cl)c1Cl. The van der Waals surface area contributed by atoms with Crippen molar-refractivity contribution in [1.82, 2.24) is 4.90 Å². The van der Waals surface area contributed by atoms with Crippen LogP contribution >= 0.6 is 23.2 Å². The molecule has 1 aliphatic rings. The van der Waals surface area contributed by atoms with Crippen LogP contribution in [0.25, 0.3) is 0 Å². The van der Waals surface area contributed by atoms with Crippen molar-refractivity contribution in [3.8, 4) is 6.07 Å². The minimum atomic E-state index is -0.295. The standard InChI is InChI=1S/C15H18Cl2N2/c1-2-11-6-3-4-9-19(11)14(10-18)12-7-5-8-13(16)15(12)17/h5,7-8,11,14H,2-4,6,9H2,1H3. The summed E-state index contributed by atoms with van der Waals surface area (Å²) in [5, 5.41) is 10.6. The predicted octanol–water partition coefficient (Wildman–Crippen LogP) is 4.82. The highest BCUT2D eigenvalue weighted by molar-refractivity contribution is 6.42. The van der Waals surface area contributed by atoms with E-state index in [-0.39, 0.29) is 6.04 Å². The van der Waals surface area contributed by atoms with Gasteiger partial charge in [0, 0.05) is 18.2 Å². The fraction of sp³-hybridized carbons (Fsp3) is 0.533. The average molecular weight is 297 g/mol. The molecule has 0 N–H and O–H groups in total. The molecule has 1 saturated heterocycles. The number of benzene rings is 1. The molecule has 1 heterocycles. The molecule has 1 fully saturated rings. The Bertz CT molecular complexity index is 482. The summed E-state index contributed by atoms with van der Waals surface area (Å²) >= 11 is 12.3. The molecule has 2 rings (SSSR count). The molecule has 102 valence electrons. The molecule has 1 aromatic rings. The third kappa shape index (κ3) is 3.05. The Hall–Kier alpha value is -0.750. The third-order valence-electron chi connectivity index (χ3n) is 3.87. The van der Waals surface area contributed by atoms with Gasteiger partial charge in [-0.15, -0.1) is 0 Å². The molecule has 0 aromatic heterocycles. The van der Waals surface area contributed by atoms with E-state index in [0.717, 1.165) is 31.4 Å². The van der Waals surface area contributed by atoms with Gasteiger partial charge in [0.15, 0.2) is 0 Å². The van der Waals surface area contributed by atoms with Gasteiger partial charge in [-0.25, -0.2) is 0 Å². The lowest BCUT2D eigenvalue weighted by Crippen LogP contribution is -2.41. The van der Waals surface area contributed by atoms with Crippen LogP contribution in [0.2, 0.25) is 10.0 Å². The van der Waals surface area contributed by atoms with Gasteiger partial charge in [-0.05, 0) is 25.3 Å². The van der Waals surface area contributed by atoms with Gasteiger partial charge in [-0.3, -0.25) is 4.90 Å². The van der Waals surface area contributed by atoms with E-state index in [1.807, 2.05) is 12.1 Å². The molecular weight excluding hydrogens is 279 g/mol. The number of rotatable bonds is 3. The van der Waals surface area contributed by atoms with Crippen molar-refractivity contribution < 1.29 is 0 Å². The molecule has 4 heteroatoms. The Morgan fingerprint density at radius 2 is 2.21 bits per heavy atom. The van der Waals surface area contributed by atoms with Gasteiger partial charge in [0.25, 0.3) is 0 Å². The smallest absolute Gasteiger partial charge is 0.125 e. The van der Waals surface area contributed by atoms with Crippen LogP contribution in [0, 0.1) is 11.3 Å². The van der Waals surface area contributed by atoms with Crippen molar-refractivity contribution in [3.05, 3.63) is 33.8 Å². The van der Waals surface area contributed by atoms with E-state index < -0.39 is 0 Å². The van der Waals surface area contributed by atoms with Crippen molar-refractivity contribution in [2.45, 2.75) is 44.7 Å². The second kappa shape index (κ2) is 6.61. The quantitative estimate of drug-likeness (QED) is 0.799. The maximum Gasteiger partial charge on any atom is 0.125 e. The van der Waals surface area contributed by atoms with E-state index in [1.54, 1.807) is 6.07 Å². The van der Waals surface area contributed by atoms with Crippen LogP contribution in [-0.4, -0.2) is 17.5 Å². The zero-order chi connectivity index (χ0) is 13.8. The van der Waals surface area contributed by atoms with E-state index in [4.69, 9.17) is 23.2 Å². The highest BCUT2D eigenvalue weighted by Gasteiger charge is 2.30. The van der Waals surface area contributed by atoms with Crippen LogP contribution in [0.4, 0.5) is 0 Å². The molecule has 1 aromatic carbocycles. The number of piperidine rings is 1. The van der Waals surface area contributed by atoms with Crippen LogP contribution in [0.1, 0.15) is 44.2 Å². The largest absolute Gasteiger partial charge is 0.281 e. The fourth-order valence-electron chi connectivity index (χ4n) is 2.86. The van der Waals surface area contributed by atoms with Gasteiger partial charge < -0.3 is 0 Å². The molecule has 0 radical (unpaired) electrons. The maximum absolute atomic E-state index is 9.57. The highest BCUT2D eigenvalue weighted by atomic mass is 35.5. The molecular formula is C15H18Cl2N2. The highest BCUT2D eigenvalue weighted by Crippen LogP contribution is 2.35. The van der Waals surface area contributed by atoms with E-state index in [2.05, 4.69) is 17.9 Å². The third-order valence-corrected chi connectivity index (χ3v) is 4.71. The number of halogens is 2. The molecule has 0 amide bonds. The molecule has 0 bridgehead atoms. The summed E-state index contributed by atoms with van der Waals surface area (Å²) in [5.74, 6) is 0. The van der Waals surface area contributed by atoms with Gasteiger partial charge in [0.2, 0.25) is 0 Å². The van der Waals surface area contributed by atoms with Crippen molar-refractivity contribution in [1.29, 1.82) is 5.26 Å². The molecule has 0 saturated carbocycles. The Balaban J connectivity index is 2.33. The van der Waals surface area contributed by atoms with Crippen molar-refractivity contribution in [2.75, 3.05) is 6.54 Å². The molecule has 2 nitrogen and oxygen atoms in total. The summed E-state index contributed by atoms with van der Waals surface area (Å²) in [4.78, 5) is 2.28. The average Bonchev–Trinajstić information content (AvgIpc) is 2.45. The summed E-state index contributed by atoms with van der Waals surface area (Å²) in [6.45, 7) is 3.14. The first-order chi connectivity index (χ1) is 9.19. The van der Waals surface area contributed by atoms with Gasteiger partial charge in [0.05, 0.1) is 16.1 Å². The Labute approximate surface area is 124 Å². The van der Waals surface area contributed by atoms with Crippen LogP contribution in [0.15, 0.2) is 18.2 Å². The minimum absolute atomic E-state index is 0.295. The Kier molecular flexibility index (Phi) is 5.10. The Morgan fingerprint density at radius 1 is 1.42 bits per heavy atom. The molecule has 0 spiro atoms. The summed E-state index contributed by atoms with van der Waals surface area (Å²) in [7, 11) is 0. The molecule has 19 heavy (non-hydrogen) atoms. The van der Waals surface area contributed by atoms with Crippen LogP contribution < -0.4 is 0 Å². The van der Waals surface area contributed by atoms with Gasteiger partial charge >= 0.3 is 0 Å². The van der Waals surface area contributed by atoms with Crippen molar-refractivity contribution in [3.63, 3.8) is 0 Å².